The van der Waals surface area contributed by atoms with Crippen molar-refractivity contribution in [2.45, 2.75) is 64.8 Å². The molecule has 2 fully saturated rings. The van der Waals surface area contributed by atoms with Gasteiger partial charge in [0.05, 0.1) is 0 Å². The van der Waals surface area contributed by atoms with Gasteiger partial charge in [-0.15, -0.1) is 0 Å². The largest absolute Gasteiger partial charge is 0.330 e. The van der Waals surface area contributed by atoms with Crippen LogP contribution in [-0.4, -0.2) is 30.6 Å². The average Bonchev–Trinajstić information content (AvgIpc) is 2.40. The van der Waals surface area contributed by atoms with Crippen LogP contribution in [0.5, 0.6) is 0 Å². The summed E-state index contributed by atoms with van der Waals surface area (Å²) < 4.78 is 0. The minimum Gasteiger partial charge on any atom is -0.330 e. The highest BCUT2D eigenvalue weighted by atomic mass is 15.2. The first-order valence-corrected chi connectivity index (χ1v) is 7.61. The van der Waals surface area contributed by atoms with E-state index in [4.69, 9.17) is 5.73 Å². The van der Waals surface area contributed by atoms with E-state index in [2.05, 4.69) is 18.7 Å². The number of likely N-dealkylation sites (tertiary alicyclic amines) is 1. The SMILES string of the molecule is CCC1CCCC(N2CCC(C)(CN)CC2)C1. The van der Waals surface area contributed by atoms with Gasteiger partial charge in [-0.2, -0.15) is 0 Å². The highest BCUT2D eigenvalue weighted by molar-refractivity contribution is 4.88. The van der Waals surface area contributed by atoms with Crippen LogP contribution in [0.15, 0.2) is 0 Å². The average molecular weight is 238 g/mol. The molecule has 0 amide bonds. The third-order valence-corrected chi connectivity index (χ3v) is 5.35. The summed E-state index contributed by atoms with van der Waals surface area (Å²) >= 11 is 0. The van der Waals surface area contributed by atoms with E-state index in [9.17, 15) is 0 Å². The second kappa shape index (κ2) is 5.71. The number of piperidine rings is 1. The first kappa shape index (κ1) is 13.4. The van der Waals surface area contributed by atoms with Crippen molar-refractivity contribution in [1.29, 1.82) is 0 Å². The van der Waals surface area contributed by atoms with Crippen LogP contribution in [0.2, 0.25) is 0 Å². The number of nitrogens with two attached hydrogens (primary N) is 1. The molecule has 0 radical (unpaired) electrons. The molecular formula is C15H30N2. The van der Waals surface area contributed by atoms with Gasteiger partial charge in [0.2, 0.25) is 0 Å². The van der Waals surface area contributed by atoms with Gasteiger partial charge < -0.3 is 10.6 Å². The molecule has 2 rings (SSSR count). The Morgan fingerprint density at radius 1 is 1.24 bits per heavy atom. The molecule has 1 saturated carbocycles. The van der Waals surface area contributed by atoms with E-state index < -0.39 is 0 Å². The van der Waals surface area contributed by atoms with Gasteiger partial charge in [0, 0.05) is 6.04 Å². The molecule has 17 heavy (non-hydrogen) atoms. The summed E-state index contributed by atoms with van der Waals surface area (Å²) in [5.74, 6) is 0.997. The molecule has 2 unspecified atom stereocenters. The second-order valence-corrected chi connectivity index (χ2v) is 6.65. The molecule has 2 heteroatoms. The summed E-state index contributed by atoms with van der Waals surface area (Å²) in [6.45, 7) is 8.15. The van der Waals surface area contributed by atoms with E-state index in [1.165, 1.54) is 58.0 Å². The van der Waals surface area contributed by atoms with E-state index in [0.717, 1.165) is 18.5 Å². The lowest BCUT2D eigenvalue weighted by atomic mass is 9.78. The fraction of sp³-hybridized carbons (Fsp3) is 1.00. The third-order valence-electron chi connectivity index (χ3n) is 5.35. The van der Waals surface area contributed by atoms with Gasteiger partial charge >= 0.3 is 0 Å². The maximum absolute atomic E-state index is 5.89. The normalized spacial score (nSPS) is 34.8. The minimum atomic E-state index is 0.426. The Kier molecular flexibility index (Phi) is 4.48. The Morgan fingerprint density at radius 3 is 2.53 bits per heavy atom. The van der Waals surface area contributed by atoms with E-state index in [1.807, 2.05) is 0 Å². The number of hydrogen-bond acceptors (Lipinski definition) is 2. The first-order valence-electron chi connectivity index (χ1n) is 7.61. The van der Waals surface area contributed by atoms with E-state index in [-0.39, 0.29) is 0 Å². The van der Waals surface area contributed by atoms with Crippen molar-refractivity contribution in [3.63, 3.8) is 0 Å². The van der Waals surface area contributed by atoms with Crippen molar-refractivity contribution in [3.8, 4) is 0 Å². The topological polar surface area (TPSA) is 29.3 Å². The highest BCUT2D eigenvalue weighted by Crippen LogP contribution is 2.35. The van der Waals surface area contributed by atoms with Gasteiger partial charge in [0.15, 0.2) is 0 Å². The molecule has 0 bridgehead atoms. The summed E-state index contributed by atoms with van der Waals surface area (Å²) in [5, 5.41) is 0. The number of hydrogen-bond donors (Lipinski definition) is 1. The lowest BCUT2D eigenvalue weighted by molar-refractivity contribution is 0.0594. The lowest BCUT2D eigenvalue weighted by Crippen LogP contribution is -2.47. The molecule has 100 valence electrons. The third kappa shape index (κ3) is 3.23. The zero-order valence-electron chi connectivity index (χ0n) is 11.8. The van der Waals surface area contributed by atoms with Crippen LogP contribution in [0.1, 0.15) is 58.8 Å². The number of rotatable bonds is 3. The summed E-state index contributed by atoms with van der Waals surface area (Å²) in [5.41, 5.74) is 6.31. The molecule has 2 N–H and O–H groups in total. The summed E-state index contributed by atoms with van der Waals surface area (Å²) in [6, 6.07) is 0.885. The zero-order valence-corrected chi connectivity index (χ0v) is 11.8. The Morgan fingerprint density at radius 2 is 1.94 bits per heavy atom. The van der Waals surface area contributed by atoms with Crippen molar-refractivity contribution >= 4 is 0 Å². The van der Waals surface area contributed by atoms with E-state index in [0.29, 0.717) is 5.41 Å². The fourth-order valence-electron chi connectivity index (χ4n) is 3.60. The molecule has 1 saturated heterocycles. The van der Waals surface area contributed by atoms with Gasteiger partial charge in [-0.3, -0.25) is 0 Å². The predicted molar refractivity (Wildman–Crippen MR) is 74.0 cm³/mol. The molecule has 1 aliphatic carbocycles. The monoisotopic (exact) mass is 238 g/mol. The summed E-state index contributed by atoms with van der Waals surface area (Å²) in [4.78, 5) is 2.76. The molecule has 1 heterocycles. The van der Waals surface area contributed by atoms with Crippen LogP contribution >= 0.6 is 0 Å². The molecular weight excluding hydrogens is 208 g/mol. The van der Waals surface area contributed by atoms with Crippen LogP contribution < -0.4 is 5.73 Å². The molecule has 0 spiro atoms. The maximum atomic E-state index is 5.89. The zero-order chi connectivity index (χ0) is 12.3. The second-order valence-electron chi connectivity index (χ2n) is 6.65. The predicted octanol–water partition coefficient (Wildman–Crippen LogP) is 3.02. The molecule has 0 aromatic heterocycles. The van der Waals surface area contributed by atoms with Gasteiger partial charge in [0.25, 0.3) is 0 Å². The summed E-state index contributed by atoms with van der Waals surface area (Å²) in [7, 11) is 0. The van der Waals surface area contributed by atoms with Gasteiger partial charge in [-0.05, 0) is 56.7 Å². The lowest BCUT2D eigenvalue weighted by Gasteiger charge is -2.44. The van der Waals surface area contributed by atoms with Crippen molar-refractivity contribution in [2.24, 2.45) is 17.1 Å². The van der Waals surface area contributed by atoms with Crippen LogP contribution in [0.4, 0.5) is 0 Å². The Balaban J connectivity index is 1.84. The van der Waals surface area contributed by atoms with Crippen LogP contribution in [0, 0.1) is 11.3 Å². The molecule has 0 aromatic rings. The molecule has 0 aromatic carbocycles. The Hall–Kier alpha value is -0.0800. The smallest absolute Gasteiger partial charge is 0.00979 e. The van der Waals surface area contributed by atoms with Crippen LogP contribution in [0.3, 0.4) is 0 Å². The molecule has 1 aliphatic heterocycles. The van der Waals surface area contributed by atoms with Crippen molar-refractivity contribution in [3.05, 3.63) is 0 Å². The Bertz CT molecular complexity index is 231. The van der Waals surface area contributed by atoms with Gasteiger partial charge in [-0.1, -0.05) is 33.1 Å². The quantitative estimate of drug-likeness (QED) is 0.819. The van der Waals surface area contributed by atoms with Crippen LogP contribution in [-0.2, 0) is 0 Å². The highest BCUT2D eigenvalue weighted by Gasteiger charge is 2.33. The van der Waals surface area contributed by atoms with Crippen molar-refractivity contribution in [2.75, 3.05) is 19.6 Å². The van der Waals surface area contributed by atoms with Crippen LogP contribution in [0.25, 0.3) is 0 Å². The maximum Gasteiger partial charge on any atom is 0.00979 e. The van der Waals surface area contributed by atoms with E-state index >= 15 is 0 Å². The molecule has 2 aliphatic rings. The minimum absolute atomic E-state index is 0.426. The molecule has 2 atom stereocenters. The first-order chi connectivity index (χ1) is 8.17. The standard InChI is InChI=1S/C15H30N2/c1-3-13-5-4-6-14(11-13)17-9-7-15(2,12-16)8-10-17/h13-14H,3-12,16H2,1-2H3. The Labute approximate surface area is 107 Å². The number of nitrogens with zero attached hydrogens (tertiary/aromatic N) is 1. The summed E-state index contributed by atoms with van der Waals surface area (Å²) in [6.07, 6.45) is 9.80. The van der Waals surface area contributed by atoms with Gasteiger partial charge in [-0.25, -0.2) is 0 Å². The van der Waals surface area contributed by atoms with Crippen molar-refractivity contribution < 1.29 is 0 Å². The fourth-order valence-corrected chi connectivity index (χ4v) is 3.60. The molecule has 2 nitrogen and oxygen atoms in total. The van der Waals surface area contributed by atoms with Gasteiger partial charge in [0.1, 0.15) is 0 Å². The van der Waals surface area contributed by atoms with E-state index in [1.54, 1.807) is 0 Å². The van der Waals surface area contributed by atoms with Crippen molar-refractivity contribution in [1.82, 2.24) is 4.90 Å².